The second kappa shape index (κ2) is 16.1. The number of hydrogen-bond donors (Lipinski definition) is 3. The minimum atomic E-state index is 0. The predicted molar refractivity (Wildman–Crippen MR) is 125 cm³/mol. The molecule has 1 unspecified atom stereocenters. The predicted octanol–water partition coefficient (Wildman–Crippen LogP) is 3.94. The Bertz CT molecular complexity index is 507. The van der Waals surface area contributed by atoms with Crippen LogP contribution in [0.1, 0.15) is 51.7 Å². The molecule has 0 radical (unpaired) electrons. The normalized spacial score (nSPS) is 12.6. The molecule has 27 heavy (non-hydrogen) atoms. The molecule has 1 aromatic carbocycles. The average molecular weight is 491 g/mol. The van der Waals surface area contributed by atoms with Crippen molar-refractivity contribution in [2.24, 2.45) is 16.8 Å². The van der Waals surface area contributed by atoms with Gasteiger partial charge in [0.1, 0.15) is 0 Å². The van der Waals surface area contributed by atoms with Gasteiger partial charge in [0.2, 0.25) is 0 Å². The number of benzene rings is 1. The van der Waals surface area contributed by atoms with Gasteiger partial charge in [-0.05, 0) is 49.7 Å². The summed E-state index contributed by atoms with van der Waals surface area (Å²) >= 11 is 0. The van der Waals surface area contributed by atoms with Gasteiger partial charge in [-0.2, -0.15) is 0 Å². The van der Waals surface area contributed by atoms with E-state index < -0.39 is 0 Å². The van der Waals surface area contributed by atoms with E-state index in [2.05, 4.69) is 60.7 Å². The Morgan fingerprint density at radius 3 is 2.33 bits per heavy atom. The molecule has 0 fully saturated rings. The number of ether oxygens (including phenoxy) is 1. The molecule has 6 heteroatoms. The van der Waals surface area contributed by atoms with Crippen molar-refractivity contribution in [1.82, 2.24) is 10.6 Å². The lowest BCUT2D eigenvalue weighted by Crippen LogP contribution is -2.40. The first kappa shape index (κ1) is 26.1. The number of aliphatic hydroxyl groups excluding tert-OH is 1. The highest BCUT2D eigenvalue weighted by atomic mass is 127. The van der Waals surface area contributed by atoms with Crippen molar-refractivity contribution in [3.05, 3.63) is 35.4 Å². The van der Waals surface area contributed by atoms with Crippen LogP contribution in [0, 0.1) is 11.8 Å². The summed E-state index contributed by atoms with van der Waals surface area (Å²) in [6.07, 6.45) is 1.93. The van der Waals surface area contributed by atoms with E-state index in [0.717, 1.165) is 38.5 Å². The van der Waals surface area contributed by atoms with Crippen LogP contribution in [0.4, 0.5) is 0 Å². The van der Waals surface area contributed by atoms with Gasteiger partial charge in [-0.15, -0.1) is 24.0 Å². The molecule has 5 nitrogen and oxygen atoms in total. The summed E-state index contributed by atoms with van der Waals surface area (Å²) in [6.45, 7) is 12.4. The van der Waals surface area contributed by atoms with Crippen LogP contribution in [0.25, 0.3) is 0 Å². The Kier molecular flexibility index (Phi) is 15.6. The molecule has 0 saturated heterocycles. The molecule has 0 amide bonds. The highest BCUT2D eigenvalue weighted by Crippen LogP contribution is 2.14. The first-order valence-electron chi connectivity index (χ1n) is 9.87. The van der Waals surface area contributed by atoms with Crippen LogP contribution in [0.15, 0.2) is 29.3 Å². The second-order valence-corrected chi connectivity index (χ2v) is 7.04. The van der Waals surface area contributed by atoms with E-state index in [1.807, 2.05) is 6.92 Å². The SMILES string of the molecule is CCNC(=NCc1ccc(COCC)cc1)NCC(CCO)CC(C)C.I. The third kappa shape index (κ3) is 12.3. The van der Waals surface area contributed by atoms with Crippen LogP contribution in [-0.4, -0.2) is 37.4 Å². The number of halogens is 1. The monoisotopic (exact) mass is 491 g/mol. The minimum Gasteiger partial charge on any atom is -0.396 e. The molecule has 0 aliphatic heterocycles. The summed E-state index contributed by atoms with van der Waals surface area (Å²) in [5.74, 6) is 1.92. The molecule has 0 spiro atoms. The van der Waals surface area contributed by atoms with Gasteiger partial charge in [-0.25, -0.2) is 4.99 Å². The lowest BCUT2D eigenvalue weighted by Gasteiger charge is -2.20. The number of aliphatic imine (C=N–C) groups is 1. The van der Waals surface area contributed by atoms with Crippen molar-refractivity contribution in [2.45, 2.75) is 53.7 Å². The van der Waals surface area contributed by atoms with E-state index in [4.69, 9.17) is 4.74 Å². The van der Waals surface area contributed by atoms with E-state index in [1.54, 1.807) is 0 Å². The Morgan fingerprint density at radius 2 is 1.78 bits per heavy atom. The van der Waals surface area contributed by atoms with Gasteiger partial charge < -0.3 is 20.5 Å². The summed E-state index contributed by atoms with van der Waals surface area (Å²) < 4.78 is 5.43. The number of hydrogen-bond acceptors (Lipinski definition) is 3. The molecule has 3 N–H and O–H groups in total. The van der Waals surface area contributed by atoms with Gasteiger partial charge in [-0.3, -0.25) is 0 Å². The fourth-order valence-electron chi connectivity index (χ4n) is 2.87. The van der Waals surface area contributed by atoms with E-state index in [0.29, 0.717) is 25.0 Å². The molecular weight excluding hydrogens is 453 g/mol. The fraction of sp³-hybridized carbons (Fsp3) is 0.667. The number of rotatable bonds is 12. The average Bonchev–Trinajstić information content (AvgIpc) is 2.62. The Labute approximate surface area is 182 Å². The minimum absolute atomic E-state index is 0. The van der Waals surface area contributed by atoms with Gasteiger partial charge in [0, 0.05) is 26.3 Å². The molecular formula is C21H38IN3O2. The maximum atomic E-state index is 9.26. The van der Waals surface area contributed by atoms with E-state index in [-0.39, 0.29) is 30.6 Å². The molecule has 0 saturated carbocycles. The van der Waals surface area contributed by atoms with E-state index in [1.165, 1.54) is 11.1 Å². The van der Waals surface area contributed by atoms with Crippen molar-refractivity contribution < 1.29 is 9.84 Å². The largest absolute Gasteiger partial charge is 0.396 e. The Balaban J connectivity index is 0.00000676. The van der Waals surface area contributed by atoms with Gasteiger partial charge >= 0.3 is 0 Å². The molecule has 0 aromatic heterocycles. The van der Waals surface area contributed by atoms with Crippen LogP contribution >= 0.6 is 24.0 Å². The summed E-state index contributed by atoms with van der Waals surface area (Å²) in [7, 11) is 0. The zero-order chi connectivity index (χ0) is 19.2. The summed E-state index contributed by atoms with van der Waals surface area (Å²) in [5, 5.41) is 16.0. The van der Waals surface area contributed by atoms with Crippen LogP contribution in [0.3, 0.4) is 0 Å². The number of aliphatic hydroxyl groups is 1. The maximum absolute atomic E-state index is 9.26. The molecule has 1 rings (SSSR count). The second-order valence-electron chi connectivity index (χ2n) is 7.04. The van der Waals surface area contributed by atoms with Crippen molar-refractivity contribution in [3.8, 4) is 0 Å². The van der Waals surface area contributed by atoms with Gasteiger partial charge in [-0.1, -0.05) is 38.1 Å². The van der Waals surface area contributed by atoms with Crippen LogP contribution < -0.4 is 10.6 Å². The lowest BCUT2D eigenvalue weighted by atomic mass is 9.94. The molecule has 0 aliphatic carbocycles. The number of nitrogens with one attached hydrogen (secondary N) is 2. The smallest absolute Gasteiger partial charge is 0.191 e. The number of guanidine groups is 1. The zero-order valence-electron chi connectivity index (χ0n) is 17.3. The highest BCUT2D eigenvalue weighted by Gasteiger charge is 2.11. The zero-order valence-corrected chi connectivity index (χ0v) is 19.7. The van der Waals surface area contributed by atoms with Crippen molar-refractivity contribution >= 4 is 29.9 Å². The summed E-state index contributed by atoms with van der Waals surface area (Å²) in [6, 6.07) is 8.41. The van der Waals surface area contributed by atoms with Crippen LogP contribution in [-0.2, 0) is 17.9 Å². The van der Waals surface area contributed by atoms with Crippen molar-refractivity contribution in [2.75, 3.05) is 26.3 Å². The molecule has 0 bridgehead atoms. The summed E-state index contributed by atoms with van der Waals surface area (Å²) in [5.41, 5.74) is 2.36. The van der Waals surface area contributed by atoms with Crippen LogP contribution in [0.2, 0.25) is 0 Å². The molecule has 156 valence electrons. The summed E-state index contributed by atoms with van der Waals surface area (Å²) in [4.78, 5) is 4.69. The third-order valence-corrected chi connectivity index (χ3v) is 4.16. The Hall–Kier alpha value is -0.860. The van der Waals surface area contributed by atoms with Gasteiger partial charge in [0.15, 0.2) is 5.96 Å². The number of nitrogens with zero attached hydrogens (tertiary/aromatic N) is 1. The van der Waals surface area contributed by atoms with Crippen molar-refractivity contribution in [1.29, 1.82) is 0 Å². The molecule has 0 aliphatic rings. The maximum Gasteiger partial charge on any atom is 0.191 e. The molecule has 1 atom stereocenters. The Morgan fingerprint density at radius 1 is 1.11 bits per heavy atom. The third-order valence-electron chi connectivity index (χ3n) is 4.16. The topological polar surface area (TPSA) is 65.9 Å². The molecule has 1 aromatic rings. The molecule has 0 heterocycles. The lowest BCUT2D eigenvalue weighted by molar-refractivity contribution is 0.134. The van der Waals surface area contributed by atoms with Gasteiger partial charge in [0.25, 0.3) is 0 Å². The fourth-order valence-corrected chi connectivity index (χ4v) is 2.87. The highest BCUT2D eigenvalue weighted by molar-refractivity contribution is 14.0. The van der Waals surface area contributed by atoms with E-state index in [9.17, 15) is 5.11 Å². The first-order valence-corrected chi connectivity index (χ1v) is 9.87. The van der Waals surface area contributed by atoms with Crippen LogP contribution in [0.5, 0.6) is 0 Å². The van der Waals surface area contributed by atoms with Gasteiger partial charge in [0.05, 0.1) is 13.2 Å². The quantitative estimate of drug-likeness (QED) is 0.236. The van der Waals surface area contributed by atoms with Crippen molar-refractivity contribution in [3.63, 3.8) is 0 Å². The van der Waals surface area contributed by atoms with E-state index >= 15 is 0 Å². The standard InChI is InChI=1S/C21H37N3O2.HI/c1-5-22-21(24-15-20(11-12-25)13-17(3)4)23-14-18-7-9-19(10-8-18)16-26-6-2;/h7-10,17,20,25H,5-6,11-16H2,1-4H3,(H2,22,23,24);1H. The first-order chi connectivity index (χ1) is 12.6.